The lowest BCUT2D eigenvalue weighted by Gasteiger charge is -2.02. The minimum absolute atomic E-state index is 0.178. The lowest BCUT2D eigenvalue weighted by atomic mass is 10.2. The first-order valence-electron chi connectivity index (χ1n) is 4.57. The van der Waals surface area contributed by atoms with Gasteiger partial charge < -0.3 is 10.1 Å². The number of aromatic amines is 1. The Morgan fingerprint density at radius 3 is 2.93 bits per heavy atom. The van der Waals surface area contributed by atoms with E-state index in [0.717, 1.165) is 5.56 Å². The third-order valence-electron chi connectivity index (χ3n) is 2.14. The molecule has 0 aromatic carbocycles. The fourth-order valence-electron chi connectivity index (χ4n) is 1.34. The van der Waals surface area contributed by atoms with Crippen LogP contribution in [0.25, 0.3) is 11.4 Å². The second-order valence-corrected chi connectivity index (χ2v) is 3.86. The van der Waals surface area contributed by atoms with Crippen molar-refractivity contribution in [3.63, 3.8) is 0 Å². The number of rotatable bonds is 2. The third-order valence-corrected chi connectivity index (χ3v) is 2.83. The molecule has 0 aliphatic rings. The zero-order valence-electron chi connectivity index (χ0n) is 8.15. The zero-order valence-corrected chi connectivity index (χ0v) is 8.97. The Hall–Kier alpha value is -1.62. The van der Waals surface area contributed by atoms with Gasteiger partial charge in [-0.15, -0.1) is 0 Å². The van der Waals surface area contributed by atoms with Crippen LogP contribution in [0.2, 0.25) is 0 Å². The summed E-state index contributed by atoms with van der Waals surface area (Å²) in [4.78, 5) is 18.1. The van der Waals surface area contributed by atoms with E-state index < -0.39 is 0 Å². The maximum Gasteiger partial charge on any atom is 0.258 e. The number of nitrogens with zero attached hydrogens (tertiary/aromatic N) is 1. The van der Waals surface area contributed by atoms with Gasteiger partial charge in [-0.05, 0) is 17.9 Å². The minimum Gasteiger partial charge on any atom is -0.493 e. The molecule has 0 radical (unpaired) electrons. The van der Waals surface area contributed by atoms with Crippen molar-refractivity contribution in [2.75, 3.05) is 0 Å². The van der Waals surface area contributed by atoms with Crippen LogP contribution in [0.4, 0.5) is 0 Å². The first-order valence-corrected chi connectivity index (χ1v) is 5.51. The van der Waals surface area contributed by atoms with Gasteiger partial charge in [0.05, 0.1) is 5.56 Å². The smallest absolute Gasteiger partial charge is 0.258 e. The average molecular weight is 222 g/mol. The standard InChI is InChI=1S/C10H10N2O2S/c1-2-7-9(13)11-8(12-10(7)14)6-3-4-15-5-6/h3-5H,2H2,1H3,(H2,11,12,13,14). The predicted octanol–water partition coefficient (Wildman–Crippen LogP) is 1.77. The fourth-order valence-corrected chi connectivity index (χ4v) is 1.98. The number of H-pyrrole nitrogens is 1. The molecule has 0 aliphatic heterocycles. The van der Waals surface area contributed by atoms with Crippen LogP contribution in [0.15, 0.2) is 21.6 Å². The molecule has 5 heteroatoms. The van der Waals surface area contributed by atoms with E-state index in [0.29, 0.717) is 17.8 Å². The van der Waals surface area contributed by atoms with E-state index in [-0.39, 0.29) is 11.4 Å². The zero-order chi connectivity index (χ0) is 10.8. The van der Waals surface area contributed by atoms with E-state index in [9.17, 15) is 9.90 Å². The maximum atomic E-state index is 11.5. The number of hydrogen-bond acceptors (Lipinski definition) is 4. The monoisotopic (exact) mass is 222 g/mol. The van der Waals surface area contributed by atoms with Gasteiger partial charge in [0.25, 0.3) is 5.56 Å². The normalized spacial score (nSPS) is 10.5. The molecule has 0 spiro atoms. The van der Waals surface area contributed by atoms with Crippen LogP contribution in [0.1, 0.15) is 12.5 Å². The fraction of sp³-hybridized carbons (Fsp3) is 0.200. The molecule has 2 aromatic heterocycles. The number of aromatic nitrogens is 2. The number of thiophene rings is 1. The Morgan fingerprint density at radius 1 is 1.60 bits per heavy atom. The summed E-state index contributed by atoms with van der Waals surface area (Å²) in [6.45, 7) is 1.80. The number of hydrogen-bond donors (Lipinski definition) is 2. The number of aromatic hydroxyl groups is 1. The van der Waals surface area contributed by atoms with Crippen molar-refractivity contribution in [3.05, 3.63) is 32.7 Å². The first-order chi connectivity index (χ1) is 7.22. The molecule has 2 N–H and O–H groups in total. The van der Waals surface area contributed by atoms with Crippen molar-refractivity contribution >= 4 is 11.3 Å². The summed E-state index contributed by atoms with van der Waals surface area (Å²) in [6, 6.07) is 1.84. The van der Waals surface area contributed by atoms with Crippen molar-refractivity contribution in [2.45, 2.75) is 13.3 Å². The molecule has 0 fully saturated rings. The Kier molecular flexibility index (Phi) is 2.55. The van der Waals surface area contributed by atoms with Crippen LogP contribution in [-0.4, -0.2) is 15.1 Å². The highest BCUT2D eigenvalue weighted by Crippen LogP contribution is 2.19. The summed E-state index contributed by atoms with van der Waals surface area (Å²) in [6.07, 6.45) is 0.470. The Bertz CT molecular complexity index is 517. The Balaban J connectivity index is 2.58. The number of nitrogens with one attached hydrogen (secondary N) is 1. The van der Waals surface area contributed by atoms with E-state index in [1.165, 1.54) is 11.3 Å². The van der Waals surface area contributed by atoms with E-state index >= 15 is 0 Å². The molecular formula is C10H10N2O2S. The van der Waals surface area contributed by atoms with Crippen molar-refractivity contribution in [3.8, 4) is 17.3 Å². The molecule has 15 heavy (non-hydrogen) atoms. The van der Waals surface area contributed by atoms with Gasteiger partial charge in [-0.3, -0.25) is 4.79 Å². The highest BCUT2D eigenvalue weighted by Gasteiger charge is 2.09. The molecule has 4 nitrogen and oxygen atoms in total. The first kappa shape index (κ1) is 9.92. The molecule has 0 unspecified atom stereocenters. The van der Waals surface area contributed by atoms with Crippen molar-refractivity contribution in [1.82, 2.24) is 9.97 Å². The highest BCUT2D eigenvalue weighted by atomic mass is 32.1. The van der Waals surface area contributed by atoms with Crippen LogP contribution >= 0.6 is 11.3 Å². The molecule has 2 heterocycles. The second-order valence-electron chi connectivity index (χ2n) is 3.08. The van der Waals surface area contributed by atoms with E-state index in [1.54, 1.807) is 6.92 Å². The van der Waals surface area contributed by atoms with Crippen LogP contribution in [0.5, 0.6) is 5.88 Å². The third kappa shape index (κ3) is 1.78. The summed E-state index contributed by atoms with van der Waals surface area (Å²) < 4.78 is 0. The van der Waals surface area contributed by atoms with E-state index in [4.69, 9.17) is 0 Å². The molecule has 2 rings (SSSR count). The van der Waals surface area contributed by atoms with Crippen LogP contribution in [-0.2, 0) is 6.42 Å². The van der Waals surface area contributed by atoms with Crippen molar-refractivity contribution in [1.29, 1.82) is 0 Å². The molecule has 78 valence electrons. The lowest BCUT2D eigenvalue weighted by Crippen LogP contribution is -2.14. The van der Waals surface area contributed by atoms with Gasteiger partial charge in [0.2, 0.25) is 5.88 Å². The molecule has 0 amide bonds. The van der Waals surface area contributed by atoms with Gasteiger partial charge in [0.1, 0.15) is 5.82 Å². The van der Waals surface area contributed by atoms with Crippen LogP contribution in [0, 0.1) is 0 Å². The summed E-state index contributed by atoms with van der Waals surface area (Å²) in [5.74, 6) is 0.235. The molecule has 0 atom stereocenters. The van der Waals surface area contributed by atoms with Crippen molar-refractivity contribution < 1.29 is 5.11 Å². The molecule has 2 aromatic rings. The quantitative estimate of drug-likeness (QED) is 0.813. The maximum absolute atomic E-state index is 11.5. The molecule has 0 aliphatic carbocycles. The predicted molar refractivity (Wildman–Crippen MR) is 59.2 cm³/mol. The largest absolute Gasteiger partial charge is 0.493 e. The van der Waals surface area contributed by atoms with Gasteiger partial charge in [0.15, 0.2) is 0 Å². The molecular weight excluding hydrogens is 212 g/mol. The SMILES string of the molecule is CCc1c(O)nc(-c2ccsc2)[nH]c1=O. The van der Waals surface area contributed by atoms with Gasteiger partial charge in [-0.2, -0.15) is 16.3 Å². The molecule has 0 saturated heterocycles. The van der Waals surface area contributed by atoms with Crippen molar-refractivity contribution in [2.24, 2.45) is 0 Å². The topological polar surface area (TPSA) is 66.0 Å². The molecule has 0 saturated carbocycles. The van der Waals surface area contributed by atoms with Crippen LogP contribution < -0.4 is 5.56 Å². The second kappa shape index (κ2) is 3.86. The van der Waals surface area contributed by atoms with Gasteiger partial charge in [0, 0.05) is 10.9 Å². The van der Waals surface area contributed by atoms with Crippen LogP contribution in [0.3, 0.4) is 0 Å². The average Bonchev–Trinajstić information content (AvgIpc) is 2.69. The summed E-state index contributed by atoms with van der Waals surface area (Å²) >= 11 is 1.51. The van der Waals surface area contributed by atoms with E-state index in [2.05, 4.69) is 9.97 Å². The van der Waals surface area contributed by atoms with Gasteiger partial charge >= 0.3 is 0 Å². The molecule has 0 bridgehead atoms. The summed E-state index contributed by atoms with van der Waals surface area (Å²) in [7, 11) is 0. The van der Waals surface area contributed by atoms with Gasteiger partial charge in [-0.25, -0.2) is 0 Å². The lowest BCUT2D eigenvalue weighted by molar-refractivity contribution is 0.444. The Labute approximate surface area is 90.3 Å². The van der Waals surface area contributed by atoms with Gasteiger partial charge in [-0.1, -0.05) is 6.92 Å². The summed E-state index contributed by atoms with van der Waals surface area (Å²) in [5.41, 5.74) is 0.871. The minimum atomic E-state index is -0.272. The highest BCUT2D eigenvalue weighted by molar-refractivity contribution is 7.08. The Morgan fingerprint density at radius 2 is 2.40 bits per heavy atom. The summed E-state index contributed by atoms with van der Waals surface area (Å²) in [5, 5.41) is 13.3. The van der Waals surface area contributed by atoms with E-state index in [1.807, 2.05) is 16.8 Å².